The number of carbonyl (C=O) groups is 1. The Bertz CT molecular complexity index is 1180. The average Bonchev–Trinajstić information content (AvgIpc) is 3.38. The van der Waals surface area contributed by atoms with Crippen molar-refractivity contribution < 1.29 is 17.6 Å². The van der Waals surface area contributed by atoms with Gasteiger partial charge in [-0.25, -0.2) is 4.39 Å². The number of carbonyl (C=O) groups excluding carboxylic acids is 1. The molecule has 3 N–H and O–H groups in total. The topological polar surface area (TPSA) is 107 Å². The number of likely N-dealkylation sites (N-methyl/N-ethyl adjacent to an activating group) is 1. The highest BCUT2D eigenvalue weighted by Crippen LogP contribution is 2.36. The van der Waals surface area contributed by atoms with E-state index in [0.29, 0.717) is 0 Å². The number of halogens is 2. The summed E-state index contributed by atoms with van der Waals surface area (Å²) in [6.45, 7) is 0. The Morgan fingerprint density at radius 2 is 2.17 bits per heavy atom. The van der Waals surface area contributed by atoms with Crippen LogP contribution in [0.5, 0.6) is 0 Å². The molecule has 2 aromatic heterocycles. The molecule has 0 aliphatic carbocycles. The van der Waals surface area contributed by atoms with E-state index in [2.05, 4.69) is 20.2 Å². The second kappa shape index (κ2) is 8.08. The molecule has 1 fully saturated rings. The first-order valence-electron chi connectivity index (χ1n) is 8.84. The highest BCUT2D eigenvalue weighted by Gasteiger charge is 2.41. The van der Waals surface area contributed by atoms with Crippen molar-refractivity contribution in [2.45, 2.75) is 18.5 Å². The molecule has 0 unspecified atom stereocenters. The second-order valence-corrected chi connectivity index (χ2v) is 10.0. The van der Waals surface area contributed by atoms with Crippen LogP contribution in [0.3, 0.4) is 0 Å². The molecule has 3 heterocycles. The highest BCUT2D eigenvalue weighted by atomic mass is 35.5. The molecule has 158 valence electrons. The summed E-state index contributed by atoms with van der Waals surface area (Å²) in [5.74, 6) is -1.13. The van der Waals surface area contributed by atoms with Crippen LogP contribution in [-0.2, 0) is 15.0 Å². The fourth-order valence-corrected chi connectivity index (χ4v) is 5.75. The minimum absolute atomic E-state index is 0.137. The van der Waals surface area contributed by atoms with E-state index < -0.39 is 34.0 Å². The van der Waals surface area contributed by atoms with E-state index >= 15 is 0 Å². The number of thiophene rings is 1. The van der Waals surface area contributed by atoms with E-state index in [1.54, 1.807) is 12.4 Å². The predicted molar refractivity (Wildman–Crippen MR) is 113 cm³/mol. The van der Waals surface area contributed by atoms with Crippen molar-refractivity contribution in [1.29, 1.82) is 0 Å². The summed E-state index contributed by atoms with van der Waals surface area (Å²) in [5, 5.41) is 9.14. The zero-order valence-electron chi connectivity index (χ0n) is 15.6. The second-order valence-electron chi connectivity index (χ2n) is 6.75. The summed E-state index contributed by atoms with van der Waals surface area (Å²) < 4.78 is 42.2. The van der Waals surface area contributed by atoms with Gasteiger partial charge in [-0.05, 0) is 36.8 Å². The number of aromatic amines is 1. The number of benzene rings is 1. The van der Waals surface area contributed by atoms with Gasteiger partial charge in [0.15, 0.2) is 0 Å². The van der Waals surface area contributed by atoms with Crippen LogP contribution in [0.1, 0.15) is 17.3 Å². The maximum absolute atomic E-state index is 13.4. The van der Waals surface area contributed by atoms with Crippen LogP contribution in [0.15, 0.2) is 42.7 Å². The Hall–Kier alpha value is -2.31. The van der Waals surface area contributed by atoms with Crippen molar-refractivity contribution in [2.24, 2.45) is 0 Å². The number of nitrogens with zero attached hydrogens (tertiary/aromatic N) is 2. The lowest BCUT2D eigenvalue weighted by Gasteiger charge is -2.35. The van der Waals surface area contributed by atoms with Crippen LogP contribution in [0.25, 0.3) is 10.4 Å². The predicted octanol–water partition coefficient (Wildman–Crippen LogP) is 3.15. The van der Waals surface area contributed by atoms with Gasteiger partial charge in [-0.15, -0.1) is 11.3 Å². The number of hydrogen-bond donors (Lipinski definition) is 3. The van der Waals surface area contributed by atoms with Crippen molar-refractivity contribution in [1.82, 2.24) is 19.2 Å². The van der Waals surface area contributed by atoms with Crippen LogP contribution in [0.2, 0.25) is 5.02 Å². The highest BCUT2D eigenvalue weighted by molar-refractivity contribution is 7.87. The molecule has 1 aromatic carbocycles. The summed E-state index contributed by atoms with van der Waals surface area (Å²) in [5.41, 5.74) is 1.18. The smallest absolute Gasteiger partial charge is 0.280 e. The molecule has 1 aliphatic rings. The lowest BCUT2D eigenvalue weighted by molar-refractivity contribution is -0.120. The van der Waals surface area contributed by atoms with Gasteiger partial charge in [0.25, 0.3) is 10.2 Å². The number of amides is 1. The third kappa shape index (κ3) is 4.12. The maximum Gasteiger partial charge on any atom is 0.280 e. The minimum atomic E-state index is -3.88. The monoisotopic (exact) mass is 469 g/mol. The Morgan fingerprint density at radius 1 is 1.37 bits per heavy atom. The number of nitrogens with one attached hydrogen (secondary N) is 3. The largest absolute Gasteiger partial charge is 0.325 e. The van der Waals surface area contributed by atoms with Crippen molar-refractivity contribution in [3.05, 3.63) is 58.4 Å². The van der Waals surface area contributed by atoms with Crippen LogP contribution in [0.4, 0.5) is 10.1 Å². The van der Waals surface area contributed by atoms with E-state index in [1.165, 1.54) is 30.5 Å². The number of H-pyrrole nitrogens is 1. The Morgan fingerprint density at radius 3 is 2.87 bits per heavy atom. The van der Waals surface area contributed by atoms with Gasteiger partial charge in [0, 0.05) is 34.2 Å². The number of rotatable bonds is 4. The molecule has 0 bridgehead atoms. The fraction of sp³-hybridized carbons (Fsp3) is 0.222. The molecule has 2 atom stereocenters. The summed E-state index contributed by atoms with van der Waals surface area (Å²) in [6, 6.07) is 5.97. The van der Waals surface area contributed by atoms with Gasteiger partial charge in [-0.1, -0.05) is 11.6 Å². The summed E-state index contributed by atoms with van der Waals surface area (Å²) in [4.78, 5) is 14.6. The van der Waals surface area contributed by atoms with Crippen molar-refractivity contribution in [2.75, 3.05) is 12.4 Å². The summed E-state index contributed by atoms with van der Waals surface area (Å²) in [7, 11) is -2.54. The molecule has 1 saturated heterocycles. The number of aromatic nitrogens is 2. The lowest BCUT2D eigenvalue weighted by Crippen LogP contribution is -2.55. The third-order valence-corrected chi connectivity index (χ3v) is 7.94. The van der Waals surface area contributed by atoms with Crippen LogP contribution >= 0.6 is 22.9 Å². The number of anilines is 1. The first-order valence-corrected chi connectivity index (χ1v) is 11.5. The Balaban J connectivity index is 1.57. The van der Waals surface area contributed by atoms with Gasteiger partial charge in [0.1, 0.15) is 11.9 Å². The fourth-order valence-electron chi connectivity index (χ4n) is 3.18. The minimum Gasteiger partial charge on any atom is -0.325 e. The van der Waals surface area contributed by atoms with Gasteiger partial charge < -0.3 is 5.32 Å². The first-order chi connectivity index (χ1) is 14.2. The summed E-state index contributed by atoms with van der Waals surface area (Å²) >= 11 is 7.18. The quantitative estimate of drug-likeness (QED) is 0.545. The van der Waals surface area contributed by atoms with Gasteiger partial charge in [0.05, 0.1) is 17.3 Å². The van der Waals surface area contributed by atoms with E-state index in [-0.39, 0.29) is 17.1 Å². The van der Waals surface area contributed by atoms with Crippen LogP contribution in [-0.4, -0.2) is 41.9 Å². The molecule has 0 radical (unpaired) electrons. The molecule has 30 heavy (non-hydrogen) atoms. The van der Waals surface area contributed by atoms with E-state index in [0.717, 1.165) is 25.7 Å². The van der Waals surface area contributed by atoms with E-state index in [4.69, 9.17) is 11.6 Å². The van der Waals surface area contributed by atoms with Gasteiger partial charge in [0.2, 0.25) is 5.91 Å². The molecule has 12 heteroatoms. The standard InChI is InChI=1S/C18H17ClFN5O3S2/c1-25-15(18(26)23-11-2-3-13(20)12(19)6-11)7-14(24-30(25,27)28)17-5-4-16(29-17)10-8-21-22-9-10/h2-6,8-9,14-15,24H,7H2,1H3,(H,21,22)(H,23,26)/t14-,15+/m0/s1. The third-order valence-electron chi connectivity index (χ3n) is 4.81. The van der Waals surface area contributed by atoms with Crippen LogP contribution in [0, 0.1) is 5.82 Å². The molecule has 1 amide bonds. The van der Waals surface area contributed by atoms with E-state index in [9.17, 15) is 17.6 Å². The SMILES string of the molecule is CN1[C@@H](C(=O)Nc2ccc(F)c(Cl)c2)C[C@@H](c2ccc(-c3cn[nH]c3)s2)NS1(=O)=O. The summed E-state index contributed by atoms with van der Waals surface area (Å²) in [6.07, 6.45) is 3.65. The van der Waals surface area contributed by atoms with E-state index in [1.807, 2.05) is 12.1 Å². The zero-order valence-corrected chi connectivity index (χ0v) is 18.0. The maximum atomic E-state index is 13.4. The van der Waals surface area contributed by atoms with Crippen molar-refractivity contribution in [3.63, 3.8) is 0 Å². The molecule has 0 saturated carbocycles. The molecule has 1 aliphatic heterocycles. The van der Waals surface area contributed by atoms with Gasteiger partial charge in [-0.2, -0.15) is 22.5 Å². The molecule has 3 aromatic rings. The Kier molecular flexibility index (Phi) is 5.64. The van der Waals surface area contributed by atoms with Crippen molar-refractivity contribution in [3.8, 4) is 10.4 Å². The van der Waals surface area contributed by atoms with Gasteiger partial charge in [-0.3, -0.25) is 9.89 Å². The number of hydrogen-bond acceptors (Lipinski definition) is 5. The molecule has 8 nitrogen and oxygen atoms in total. The normalized spacial score (nSPS) is 21.4. The zero-order chi connectivity index (χ0) is 21.5. The average molecular weight is 470 g/mol. The molecular formula is C18H17ClFN5O3S2. The lowest BCUT2D eigenvalue weighted by atomic mass is 10.1. The molecule has 4 rings (SSSR count). The van der Waals surface area contributed by atoms with Crippen molar-refractivity contribution >= 4 is 44.7 Å². The first kappa shape index (κ1) is 20.9. The van der Waals surface area contributed by atoms with Crippen LogP contribution < -0.4 is 10.0 Å². The van der Waals surface area contributed by atoms with Gasteiger partial charge >= 0.3 is 0 Å². The molecule has 0 spiro atoms. The molecular weight excluding hydrogens is 453 g/mol. The Labute approximate surface area is 181 Å².